The molecule has 130 valence electrons. The lowest BCUT2D eigenvalue weighted by atomic mass is 10.1. The Kier molecular flexibility index (Phi) is 4.62. The zero-order chi connectivity index (χ0) is 16.0. The van der Waals surface area contributed by atoms with Gasteiger partial charge in [-0.1, -0.05) is 0 Å². The Labute approximate surface area is 144 Å². The quantitative estimate of drug-likeness (QED) is 0.811. The van der Waals surface area contributed by atoms with E-state index < -0.39 is 11.7 Å². The number of piperazine rings is 1. The maximum absolute atomic E-state index is 12.8. The van der Waals surface area contributed by atoms with Crippen LogP contribution in [0.25, 0.3) is 10.9 Å². The van der Waals surface area contributed by atoms with Crippen molar-refractivity contribution < 1.29 is 13.2 Å². The molecule has 7 heteroatoms. The van der Waals surface area contributed by atoms with Gasteiger partial charge < -0.3 is 4.90 Å². The summed E-state index contributed by atoms with van der Waals surface area (Å²) in [5, 5.41) is 0.528. The van der Waals surface area contributed by atoms with Crippen molar-refractivity contribution in [3.8, 4) is 0 Å². The van der Waals surface area contributed by atoms with Crippen LogP contribution in [-0.4, -0.2) is 42.1 Å². The first-order valence-electron chi connectivity index (χ1n) is 7.98. The third kappa shape index (κ3) is 3.44. The van der Waals surface area contributed by atoms with E-state index in [0.29, 0.717) is 10.9 Å². The van der Waals surface area contributed by atoms with Gasteiger partial charge in [0.1, 0.15) is 5.82 Å². The van der Waals surface area contributed by atoms with Gasteiger partial charge in [0.2, 0.25) is 0 Å². The van der Waals surface area contributed by atoms with Crippen molar-refractivity contribution in [2.45, 2.75) is 25.1 Å². The van der Waals surface area contributed by atoms with Crippen LogP contribution in [0.5, 0.6) is 0 Å². The molecule has 2 aromatic rings. The summed E-state index contributed by atoms with van der Waals surface area (Å²) >= 11 is 0. The van der Waals surface area contributed by atoms with Crippen LogP contribution in [0.15, 0.2) is 30.3 Å². The monoisotopic (exact) mass is 357 g/mol. The summed E-state index contributed by atoms with van der Waals surface area (Å²) in [5.41, 5.74) is -0.0160. The molecular weight excluding hydrogens is 339 g/mol. The molecule has 3 nitrogen and oxygen atoms in total. The second-order valence-corrected chi connectivity index (χ2v) is 6.33. The van der Waals surface area contributed by atoms with Crippen molar-refractivity contribution in [2.24, 2.45) is 0 Å². The largest absolute Gasteiger partial charge is 0.416 e. The number of halogens is 4. The third-order valence-corrected chi connectivity index (χ3v) is 4.70. The minimum atomic E-state index is -4.31. The molecule has 1 aliphatic heterocycles. The van der Waals surface area contributed by atoms with E-state index in [2.05, 4.69) is 14.8 Å². The number of rotatable bonds is 2. The number of hydrogen-bond donors (Lipinski definition) is 0. The van der Waals surface area contributed by atoms with E-state index in [9.17, 15) is 13.2 Å². The predicted octanol–water partition coefficient (Wildman–Crippen LogP) is 3.96. The molecule has 1 saturated heterocycles. The molecule has 1 saturated carbocycles. The molecule has 0 spiro atoms. The van der Waals surface area contributed by atoms with Gasteiger partial charge in [-0.15, -0.1) is 12.4 Å². The zero-order valence-electron chi connectivity index (χ0n) is 13.1. The van der Waals surface area contributed by atoms with Crippen LogP contribution in [0.1, 0.15) is 18.4 Å². The zero-order valence-corrected chi connectivity index (χ0v) is 13.9. The van der Waals surface area contributed by atoms with Crippen LogP contribution in [0.4, 0.5) is 19.0 Å². The fraction of sp³-hybridized carbons (Fsp3) is 0.471. The fourth-order valence-electron chi connectivity index (χ4n) is 3.22. The van der Waals surface area contributed by atoms with Gasteiger partial charge in [0, 0.05) is 37.6 Å². The van der Waals surface area contributed by atoms with E-state index in [0.717, 1.165) is 50.2 Å². The third-order valence-electron chi connectivity index (χ3n) is 4.70. The lowest BCUT2D eigenvalue weighted by Gasteiger charge is -2.35. The van der Waals surface area contributed by atoms with Crippen molar-refractivity contribution in [3.63, 3.8) is 0 Å². The lowest BCUT2D eigenvalue weighted by molar-refractivity contribution is -0.137. The minimum Gasteiger partial charge on any atom is -0.354 e. The molecule has 0 amide bonds. The molecule has 1 aliphatic carbocycles. The normalized spacial score (nSPS) is 19.4. The predicted molar refractivity (Wildman–Crippen MR) is 90.8 cm³/mol. The van der Waals surface area contributed by atoms with E-state index in [-0.39, 0.29) is 12.4 Å². The van der Waals surface area contributed by atoms with Gasteiger partial charge in [-0.3, -0.25) is 4.90 Å². The highest BCUT2D eigenvalue weighted by molar-refractivity contribution is 5.85. The smallest absolute Gasteiger partial charge is 0.354 e. The van der Waals surface area contributed by atoms with Crippen molar-refractivity contribution in [3.05, 3.63) is 35.9 Å². The SMILES string of the molecule is Cl.FC(F)(F)c1ccc2nc(N3CCN(C4CC4)CC3)ccc2c1. The molecule has 0 atom stereocenters. The molecule has 0 bridgehead atoms. The topological polar surface area (TPSA) is 19.4 Å². The van der Waals surface area contributed by atoms with E-state index in [1.807, 2.05) is 6.07 Å². The first-order valence-corrected chi connectivity index (χ1v) is 7.98. The standard InChI is InChI=1S/C17H18F3N3.ClH/c18-17(19,20)13-2-5-15-12(11-13)1-6-16(21-15)23-9-7-22(8-10-23)14-3-4-14;/h1-2,5-6,11,14H,3-4,7-10H2;1H. The Morgan fingerprint density at radius 2 is 1.67 bits per heavy atom. The number of pyridine rings is 1. The molecule has 0 unspecified atom stereocenters. The Morgan fingerprint density at radius 1 is 0.958 bits per heavy atom. The van der Waals surface area contributed by atoms with Gasteiger partial charge in [0.15, 0.2) is 0 Å². The molecule has 2 aliphatic rings. The number of aromatic nitrogens is 1. The Morgan fingerprint density at radius 3 is 2.29 bits per heavy atom. The summed E-state index contributed by atoms with van der Waals surface area (Å²) < 4.78 is 38.3. The van der Waals surface area contributed by atoms with E-state index in [1.165, 1.54) is 18.9 Å². The summed E-state index contributed by atoms with van der Waals surface area (Å²) in [4.78, 5) is 9.29. The van der Waals surface area contributed by atoms with Crippen LogP contribution >= 0.6 is 12.4 Å². The van der Waals surface area contributed by atoms with Gasteiger partial charge in [-0.2, -0.15) is 13.2 Å². The average molecular weight is 358 g/mol. The minimum absolute atomic E-state index is 0. The van der Waals surface area contributed by atoms with Crippen molar-refractivity contribution >= 4 is 29.1 Å². The first kappa shape index (κ1) is 17.3. The van der Waals surface area contributed by atoms with Gasteiger partial charge in [-0.25, -0.2) is 4.98 Å². The fourth-order valence-corrected chi connectivity index (χ4v) is 3.22. The Balaban J connectivity index is 0.00000169. The number of benzene rings is 1. The van der Waals surface area contributed by atoms with Crippen molar-refractivity contribution in [2.75, 3.05) is 31.1 Å². The van der Waals surface area contributed by atoms with Crippen LogP contribution in [0.3, 0.4) is 0 Å². The average Bonchev–Trinajstić information content (AvgIpc) is 3.38. The van der Waals surface area contributed by atoms with E-state index in [1.54, 1.807) is 6.07 Å². The molecule has 24 heavy (non-hydrogen) atoms. The van der Waals surface area contributed by atoms with Crippen LogP contribution in [0.2, 0.25) is 0 Å². The molecule has 1 aromatic heterocycles. The maximum Gasteiger partial charge on any atom is 0.416 e. The number of anilines is 1. The molecule has 0 N–H and O–H groups in total. The highest BCUT2D eigenvalue weighted by atomic mass is 35.5. The second-order valence-electron chi connectivity index (χ2n) is 6.33. The molecule has 1 aromatic carbocycles. The van der Waals surface area contributed by atoms with E-state index >= 15 is 0 Å². The van der Waals surface area contributed by atoms with Crippen molar-refractivity contribution in [1.29, 1.82) is 0 Å². The first-order chi connectivity index (χ1) is 11.0. The number of fused-ring (bicyclic) bond motifs is 1. The number of nitrogens with zero attached hydrogens (tertiary/aromatic N) is 3. The highest BCUT2D eigenvalue weighted by Gasteiger charge is 2.32. The maximum atomic E-state index is 12.8. The summed E-state index contributed by atoms with van der Waals surface area (Å²) in [6, 6.07) is 8.07. The summed E-state index contributed by atoms with van der Waals surface area (Å²) in [6.07, 6.45) is -1.68. The van der Waals surface area contributed by atoms with Gasteiger partial charge in [-0.05, 0) is 43.2 Å². The van der Waals surface area contributed by atoms with Crippen molar-refractivity contribution in [1.82, 2.24) is 9.88 Å². The number of alkyl halides is 3. The van der Waals surface area contributed by atoms with Crippen LogP contribution < -0.4 is 4.90 Å². The highest BCUT2D eigenvalue weighted by Crippen LogP contribution is 2.32. The van der Waals surface area contributed by atoms with Gasteiger partial charge in [0.25, 0.3) is 0 Å². The Hall–Kier alpha value is -1.53. The van der Waals surface area contributed by atoms with Gasteiger partial charge >= 0.3 is 6.18 Å². The van der Waals surface area contributed by atoms with Crippen LogP contribution in [-0.2, 0) is 6.18 Å². The lowest BCUT2D eigenvalue weighted by Crippen LogP contribution is -2.47. The number of hydrogen-bond acceptors (Lipinski definition) is 3. The molecule has 2 fully saturated rings. The summed E-state index contributed by atoms with van der Waals surface area (Å²) in [5.74, 6) is 0.854. The van der Waals surface area contributed by atoms with Gasteiger partial charge in [0.05, 0.1) is 11.1 Å². The second kappa shape index (κ2) is 6.41. The molecule has 2 heterocycles. The summed E-state index contributed by atoms with van der Waals surface area (Å²) in [7, 11) is 0. The molecular formula is C17H19ClF3N3. The summed E-state index contributed by atoms with van der Waals surface area (Å²) in [6.45, 7) is 3.93. The molecule has 4 rings (SSSR count). The molecule has 0 radical (unpaired) electrons. The van der Waals surface area contributed by atoms with E-state index in [4.69, 9.17) is 0 Å². The van der Waals surface area contributed by atoms with Crippen LogP contribution in [0, 0.1) is 0 Å². The Bertz CT molecular complexity index is 723.